The summed E-state index contributed by atoms with van der Waals surface area (Å²) in [6, 6.07) is 2.75. The molecule has 0 amide bonds. The van der Waals surface area contributed by atoms with Crippen molar-refractivity contribution in [2.75, 3.05) is 0 Å². The van der Waals surface area contributed by atoms with Crippen LogP contribution in [0.15, 0.2) is 34.1 Å². The van der Waals surface area contributed by atoms with Gasteiger partial charge in [-0.15, -0.1) is 0 Å². The first-order valence-electron chi connectivity index (χ1n) is 7.47. The molecule has 1 saturated carbocycles. The average molecular weight is 366 g/mol. The third-order valence-electron chi connectivity index (χ3n) is 3.85. The second-order valence-electron chi connectivity index (χ2n) is 5.87. The van der Waals surface area contributed by atoms with Gasteiger partial charge in [0.05, 0.1) is 11.9 Å². The molecule has 130 valence electrons. The number of aromatic nitrogens is 4. The first-order valence-corrected chi connectivity index (χ1v) is 9.13. The van der Waals surface area contributed by atoms with Crippen LogP contribution in [0.2, 0.25) is 0 Å². The Balaban J connectivity index is 1.63. The maximum Gasteiger partial charge on any atom is 0.243 e. The molecule has 4 rings (SSSR count). The lowest BCUT2D eigenvalue weighted by Gasteiger charge is -2.00. The van der Waals surface area contributed by atoms with E-state index in [4.69, 9.17) is 4.52 Å². The second kappa shape index (κ2) is 5.73. The van der Waals surface area contributed by atoms with Crippen molar-refractivity contribution in [1.82, 2.24) is 20.3 Å². The van der Waals surface area contributed by atoms with Crippen LogP contribution in [0.3, 0.4) is 0 Å². The average Bonchev–Trinajstić information content (AvgIpc) is 3.07. The van der Waals surface area contributed by atoms with E-state index in [1.807, 2.05) is 0 Å². The van der Waals surface area contributed by atoms with Crippen molar-refractivity contribution in [3.05, 3.63) is 47.4 Å². The van der Waals surface area contributed by atoms with E-state index >= 15 is 0 Å². The molecule has 2 aromatic heterocycles. The van der Waals surface area contributed by atoms with Gasteiger partial charge in [0, 0.05) is 23.1 Å². The number of halogens is 2. The molecule has 0 spiro atoms. The van der Waals surface area contributed by atoms with Crippen LogP contribution in [-0.4, -0.2) is 28.8 Å². The van der Waals surface area contributed by atoms with Crippen LogP contribution >= 0.6 is 0 Å². The number of sulfone groups is 1. The molecule has 1 aromatic carbocycles. The zero-order valence-electron chi connectivity index (χ0n) is 12.7. The van der Waals surface area contributed by atoms with Crippen LogP contribution in [0.5, 0.6) is 0 Å². The summed E-state index contributed by atoms with van der Waals surface area (Å²) in [5.74, 6) is -1.26. The minimum Gasteiger partial charge on any atom is -0.361 e. The number of H-pyrrole nitrogens is 1. The van der Waals surface area contributed by atoms with Gasteiger partial charge in [-0.25, -0.2) is 22.3 Å². The second-order valence-corrected chi connectivity index (χ2v) is 7.78. The highest BCUT2D eigenvalue weighted by Crippen LogP contribution is 2.42. The van der Waals surface area contributed by atoms with Crippen LogP contribution in [0.25, 0.3) is 11.4 Å². The minimum absolute atomic E-state index is 0.0406. The first-order chi connectivity index (χ1) is 11.9. The Labute approximate surface area is 141 Å². The fourth-order valence-electron chi connectivity index (χ4n) is 2.53. The maximum atomic E-state index is 13.3. The Morgan fingerprint density at radius 1 is 1.20 bits per heavy atom. The van der Waals surface area contributed by atoms with Crippen LogP contribution < -0.4 is 0 Å². The number of rotatable bonds is 5. The number of aromatic amines is 1. The van der Waals surface area contributed by atoms with Gasteiger partial charge in [0.2, 0.25) is 15.0 Å². The topological polar surface area (TPSA) is 102 Å². The lowest BCUT2D eigenvalue weighted by atomic mass is 10.2. The third-order valence-corrected chi connectivity index (χ3v) is 5.31. The Bertz CT molecular complexity index is 1020. The molecule has 0 unspecified atom stereocenters. The van der Waals surface area contributed by atoms with Gasteiger partial charge >= 0.3 is 0 Å². The number of nitrogens with one attached hydrogen (secondary N) is 1. The van der Waals surface area contributed by atoms with Gasteiger partial charge in [-0.05, 0) is 25.0 Å². The minimum atomic E-state index is -3.84. The fourth-order valence-corrected chi connectivity index (χ4v) is 3.70. The van der Waals surface area contributed by atoms with E-state index in [1.54, 1.807) is 0 Å². The van der Waals surface area contributed by atoms with E-state index < -0.39 is 21.5 Å². The van der Waals surface area contributed by atoms with Crippen molar-refractivity contribution in [2.45, 2.75) is 29.7 Å². The molecule has 1 N–H and O–H groups in total. The summed E-state index contributed by atoms with van der Waals surface area (Å²) < 4.78 is 56.8. The largest absolute Gasteiger partial charge is 0.361 e. The molecule has 0 bridgehead atoms. The normalized spacial score (nSPS) is 14.8. The summed E-state index contributed by atoms with van der Waals surface area (Å²) in [7, 11) is -3.84. The van der Waals surface area contributed by atoms with Gasteiger partial charge in [-0.2, -0.15) is 10.1 Å². The quantitative estimate of drug-likeness (QED) is 0.745. The van der Waals surface area contributed by atoms with Crippen molar-refractivity contribution in [1.29, 1.82) is 0 Å². The Kier molecular flexibility index (Phi) is 3.64. The summed E-state index contributed by atoms with van der Waals surface area (Å²) in [4.78, 5) is 3.87. The molecule has 0 saturated heterocycles. The fraction of sp³-hybridized carbons (Fsp3) is 0.267. The number of hydrogen-bond donors (Lipinski definition) is 1. The van der Waals surface area contributed by atoms with Crippen LogP contribution in [-0.2, 0) is 15.6 Å². The lowest BCUT2D eigenvalue weighted by Crippen LogP contribution is -2.07. The van der Waals surface area contributed by atoms with Crippen molar-refractivity contribution in [3.8, 4) is 11.4 Å². The van der Waals surface area contributed by atoms with Crippen molar-refractivity contribution >= 4 is 9.84 Å². The highest BCUT2D eigenvalue weighted by Gasteiger charge is 2.32. The number of nitrogens with zero attached hydrogens (tertiary/aromatic N) is 3. The van der Waals surface area contributed by atoms with E-state index in [9.17, 15) is 17.2 Å². The summed E-state index contributed by atoms with van der Waals surface area (Å²) in [5, 5.41) is 9.35. The smallest absolute Gasteiger partial charge is 0.243 e. The van der Waals surface area contributed by atoms with Crippen molar-refractivity contribution in [3.63, 3.8) is 0 Å². The molecule has 3 aromatic rings. The predicted molar refractivity (Wildman–Crippen MR) is 81.1 cm³/mol. The standard InChI is InChI=1S/C15H12F2N4O3S/c16-11-3-9(4-12(17)5-11)14-19-15(21-20-14)25(22,23)7-10-6-18-24-13(10)8-1-2-8/h3-6,8H,1-2,7H2,(H,19,20,21). The van der Waals surface area contributed by atoms with Gasteiger partial charge in [-0.1, -0.05) is 5.16 Å². The highest BCUT2D eigenvalue weighted by molar-refractivity contribution is 7.90. The zero-order chi connectivity index (χ0) is 17.6. The molecule has 2 heterocycles. The van der Waals surface area contributed by atoms with E-state index in [2.05, 4.69) is 20.3 Å². The number of hydrogen-bond acceptors (Lipinski definition) is 6. The van der Waals surface area contributed by atoms with Gasteiger partial charge < -0.3 is 4.52 Å². The zero-order valence-corrected chi connectivity index (χ0v) is 13.6. The summed E-state index contributed by atoms with van der Waals surface area (Å²) in [6.45, 7) is 0. The highest BCUT2D eigenvalue weighted by atomic mass is 32.2. The molecule has 1 fully saturated rings. The molecule has 0 aliphatic heterocycles. The van der Waals surface area contributed by atoms with Crippen molar-refractivity contribution < 1.29 is 21.7 Å². The molecule has 25 heavy (non-hydrogen) atoms. The van der Waals surface area contributed by atoms with Crippen molar-refractivity contribution in [2.24, 2.45) is 0 Å². The van der Waals surface area contributed by atoms with Gasteiger partial charge in [0.25, 0.3) is 0 Å². The van der Waals surface area contributed by atoms with Crippen LogP contribution in [0.1, 0.15) is 30.1 Å². The van der Waals surface area contributed by atoms with Crippen LogP contribution in [0.4, 0.5) is 8.78 Å². The third kappa shape index (κ3) is 3.16. The monoisotopic (exact) mass is 366 g/mol. The Morgan fingerprint density at radius 2 is 1.92 bits per heavy atom. The van der Waals surface area contributed by atoms with E-state index in [1.165, 1.54) is 6.20 Å². The lowest BCUT2D eigenvalue weighted by molar-refractivity contribution is 0.383. The van der Waals surface area contributed by atoms with E-state index in [0.29, 0.717) is 17.4 Å². The molecule has 0 atom stereocenters. The predicted octanol–water partition coefficient (Wildman–Crippen LogP) is 2.59. The molecular weight excluding hydrogens is 354 g/mol. The van der Waals surface area contributed by atoms with Gasteiger partial charge in [0.15, 0.2) is 5.82 Å². The first kappa shape index (κ1) is 15.9. The summed E-state index contributed by atoms with van der Waals surface area (Å²) >= 11 is 0. The molecule has 0 radical (unpaired) electrons. The maximum absolute atomic E-state index is 13.3. The SMILES string of the molecule is O=S(=O)(Cc1cnoc1C1CC1)c1nc(-c2cc(F)cc(F)c2)n[nH]1. The molecule has 1 aliphatic rings. The van der Waals surface area contributed by atoms with Gasteiger partial charge in [0.1, 0.15) is 17.4 Å². The number of benzene rings is 1. The molecule has 10 heteroatoms. The Hall–Kier alpha value is -2.62. The molecular formula is C15H12F2N4O3S. The van der Waals surface area contributed by atoms with E-state index in [0.717, 1.165) is 25.0 Å². The molecule has 1 aliphatic carbocycles. The van der Waals surface area contributed by atoms with Crippen LogP contribution in [0, 0.1) is 11.6 Å². The summed E-state index contributed by atoms with van der Waals surface area (Å²) in [6.07, 6.45) is 3.27. The Morgan fingerprint density at radius 3 is 2.60 bits per heavy atom. The van der Waals surface area contributed by atoms with Gasteiger partial charge in [-0.3, -0.25) is 0 Å². The molecule has 7 nitrogen and oxygen atoms in total. The summed E-state index contributed by atoms with van der Waals surface area (Å²) in [5.41, 5.74) is 0.524. The van der Waals surface area contributed by atoms with E-state index in [-0.39, 0.29) is 28.2 Å².